The maximum atomic E-state index is 5.14. The summed E-state index contributed by atoms with van der Waals surface area (Å²) in [6.45, 7) is 0. The van der Waals surface area contributed by atoms with Gasteiger partial charge in [0.05, 0.1) is 16.4 Å². The summed E-state index contributed by atoms with van der Waals surface area (Å²) in [6, 6.07) is 82.3. The fourth-order valence-electron chi connectivity index (χ4n) is 9.83. The summed E-state index contributed by atoms with van der Waals surface area (Å²) < 4.78 is 2.46. The Labute approximate surface area is 360 Å². The molecular weight excluding hydrogens is 753 g/mol. The topological polar surface area (TPSA) is 43.6 Å². The minimum absolute atomic E-state index is 0.499. The number of fused-ring (bicyclic) bond motifs is 7. The standard InChI is InChI=1S/C58H38N4/c1-5-18-39(19-6-1)42-22-17-23-43(38-42)57-60-55(40-20-7-2-8-21-40)59-56(61-57)41-32-34-46(35-33-41)62-52-31-16-14-28-47(52)48-36-37-51-53(54(48)62)49-29-13-15-30-50(49)58(51,44-24-9-3-10-25-44)45-26-11-4-12-27-45/h1-38H. The highest BCUT2D eigenvalue weighted by atomic mass is 15.0. The summed E-state index contributed by atoms with van der Waals surface area (Å²) >= 11 is 0. The van der Waals surface area contributed by atoms with Crippen LogP contribution in [0.2, 0.25) is 0 Å². The van der Waals surface area contributed by atoms with Gasteiger partial charge in [0.1, 0.15) is 0 Å². The largest absolute Gasteiger partial charge is 0.309 e. The van der Waals surface area contributed by atoms with Crippen molar-refractivity contribution in [3.05, 3.63) is 253 Å². The van der Waals surface area contributed by atoms with E-state index in [2.05, 4.69) is 211 Å². The van der Waals surface area contributed by atoms with Gasteiger partial charge >= 0.3 is 0 Å². The molecule has 0 fully saturated rings. The van der Waals surface area contributed by atoms with E-state index in [-0.39, 0.29) is 0 Å². The van der Waals surface area contributed by atoms with Crippen molar-refractivity contribution < 1.29 is 0 Å². The van der Waals surface area contributed by atoms with Crippen LogP contribution in [-0.2, 0) is 5.41 Å². The molecular formula is C58H38N4. The average molecular weight is 791 g/mol. The first-order valence-corrected chi connectivity index (χ1v) is 21.1. The number of hydrogen-bond donors (Lipinski definition) is 0. The van der Waals surface area contributed by atoms with Crippen molar-refractivity contribution in [2.24, 2.45) is 0 Å². The Morgan fingerprint density at radius 3 is 1.53 bits per heavy atom. The van der Waals surface area contributed by atoms with Crippen LogP contribution in [0.25, 0.3) is 83.9 Å². The van der Waals surface area contributed by atoms with Crippen molar-refractivity contribution in [3.63, 3.8) is 0 Å². The fourth-order valence-corrected chi connectivity index (χ4v) is 9.83. The molecule has 2 heterocycles. The van der Waals surface area contributed by atoms with Crippen LogP contribution in [0, 0.1) is 0 Å². The molecule has 0 N–H and O–H groups in total. The third kappa shape index (κ3) is 5.58. The van der Waals surface area contributed by atoms with E-state index in [1.807, 2.05) is 24.3 Å². The van der Waals surface area contributed by atoms with E-state index in [1.165, 1.54) is 49.7 Å². The van der Waals surface area contributed by atoms with Crippen molar-refractivity contribution >= 4 is 21.8 Å². The Morgan fingerprint density at radius 2 is 0.855 bits per heavy atom. The molecule has 12 rings (SSSR count). The van der Waals surface area contributed by atoms with Crippen LogP contribution < -0.4 is 0 Å². The molecule has 9 aromatic carbocycles. The third-order valence-corrected chi connectivity index (χ3v) is 12.5. The highest BCUT2D eigenvalue weighted by Gasteiger charge is 2.47. The van der Waals surface area contributed by atoms with Gasteiger partial charge in [0.15, 0.2) is 17.5 Å². The van der Waals surface area contributed by atoms with Crippen molar-refractivity contribution in [3.8, 4) is 62.1 Å². The molecule has 2 aromatic heterocycles. The molecule has 0 aliphatic heterocycles. The SMILES string of the molecule is c1ccc(-c2cccc(-c3nc(-c4ccccc4)nc(-c4ccc(-n5c6ccccc6c6ccc7c(c65)-c5ccccc5C7(c5ccccc5)c5ccccc5)cc4)n3)c2)cc1. The normalized spacial score (nSPS) is 12.6. The van der Waals surface area contributed by atoms with E-state index in [0.717, 1.165) is 39.0 Å². The number of hydrogen-bond acceptors (Lipinski definition) is 3. The second-order valence-corrected chi connectivity index (χ2v) is 15.9. The first-order valence-electron chi connectivity index (χ1n) is 21.1. The molecule has 0 atom stereocenters. The van der Waals surface area contributed by atoms with Crippen LogP contribution in [0.5, 0.6) is 0 Å². The van der Waals surface area contributed by atoms with Gasteiger partial charge in [-0.2, -0.15) is 0 Å². The molecule has 62 heavy (non-hydrogen) atoms. The maximum Gasteiger partial charge on any atom is 0.164 e. The molecule has 0 spiro atoms. The van der Waals surface area contributed by atoms with Crippen LogP contribution in [0.4, 0.5) is 0 Å². The summed E-state index contributed by atoms with van der Waals surface area (Å²) in [7, 11) is 0. The van der Waals surface area contributed by atoms with E-state index in [4.69, 9.17) is 15.0 Å². The molecule has 290 valence electrons. The van der Waals surface area contributed by atoms with Gasteiger partial charge in [-0.3, -0.25) is 0 Å². The Bertz CT molecular complexity index is 3390. The second kappa shape index (κ2) is 14.5. The lowest BCUT2D eigenvalue weighted by molar-refractivity contribution is 0.769. The highest BCUT2D eigenvalue weighted by Crippen LogP contribution is 2.58. The van der Waals surface area contributed by atoms with E-state index in [1.54, 1.807) is 0 Å². The Morgan fingerprint density at radius 1 is 0.339 bits per heavy atom. The van der Waals surface area contributed by atoms with Gasteiger partial charge in [0, 0.05) is 38.7 Å². The van der Waals surface area contributed by atoms with Crippen LogP contribution in [-0.4, -0.2) is 19.5 Å². The average Bonchev–Trinajstić information content (AvgIpc) is 3.86. The summed E-state index contributed by atoms with van der Waals surface area (Å²) in [4.78, 5) is 15.3. The van der Waals surface area contributed by atoms with Crippen LogP contribution in [0.3, 0.4) is 0 Å². The van der Waals surface area contributed by atoms with E-state index < -0.39 is 5.41 Å². The lowest BCUT2D eigenvalue weighted by Gasteiger charge is -2.33. The molecule has 1 aliphatic rings. The van der Waals surface area contributed by atoms with Gasteiger partial charge in [-0.15, -0.1) is 0 Å². The highest BCUT2D eigenvalue weighted by molar-refractivity contribution is 6.16. The summed E-state index contributed by atoms with van der Waals surface area (Å²) in [5.74, 6) is 1.89. The summed E-state index contributed by atoms with van der Waals surface area (Å²) in [5, 5.41) is 2.44. The molecule has 0 radical (unpaired) electrons. The molecule has 11 aromatic rings. The van der Waals surface area contributed by atoms with Crippen molar-refractivity contribution in [2.45, 2.75) is 5.41 Å². The molecule has 0 saturated carbocycles. The third-order valence-electron chi connectivity index (χ3n) is 12.5. The number of nitrogens with zero attached hydrogens (tertiary/aromatic N) is 4. The fraction of sp³-hybridized carbons (Fsp3) is 0.0172. The monoisotopic (exact) mass is 790 g/mol. The smallest absolute Gasteiger partial charge is 0.164 e. The molecule has 0 amide bonds. The minimum atomic E-state index is -0.499. The van der Waals surface area contributed by atoms with Gasteiger partial charge in [-0.05, 0) is 75.3 Å². The van der Waals surface area contributed by atoms with Crippen molar-refractivity contribution in [1.82, 2.24) is 19.5 Å². The van der Waals surface area contributed by atoms with Crippen LogP contribution >= 0.6 is 0 Å². The first-order chi connectivity index (χ1) is 30.8. The molecule has 0 bridgehead atoms. The van der Waals surface area contributed by atoms with Gasteiger partial charge in [0.2, 0.25) is 0 Å². The molecule has 0 unspecified atom stereocenters. The zero-order chi connectivity index (χ0) is 41.0. The lowest BCUT2D eigenvalue weighted by Crippen LogP contribution is -2.28. The van der Waals surface area contributed by atoms with Crippen LogP contribution in [0.15, 0.2) is 231 Å². The molecule has 0 saturated heterocycles. The second-order valence-electron chi connectivity index (χ2n) is 15.9. The summed E-state index contributed by atoms with van der Waals surface area (Å²) in [5.41, 5.74) is 15.6. The Hall–Kier alpha value is -8.21. The van der Waals surface area contributed by atoms with Crippen molar-refractivity contribution in [2.75, 3.05) is 0 Å². The summed E-state index contributed by atoms with van der Waals surface area (Å²) in [6.07, 6.45) is 0. The zero-order valence-corrected chi connectivity index (χ0v) is 33.7. The molecule has 1 aliphatic carbocycles. The lowest BCUT2D eigenvalue weighted by atomic mass is 9.67. The van der Waals surface area contributed by atoms with Gasteiger partial charge in [-0.25, -0.2) is 15.0 Å². The predicted molar refractivity (Wildman–Crippen MR) is 253 cm³/mol. The van der Waals surface area contributed by atoms with Gasteiger partial charge < -0.3 is 4.57 Å². The number of benzene rings is 9. The first kappa shape index (κ1) is 35.7. The Balaban J connectivity index is 1.05. The number of rotatable bonds is 7. The predicted octanol–water partition coefficient (Wildman–Crippen LogP) is 14.0. The van der Waals surface area contributed by atoms with E-state index in [0.29, 0.717) is 17.5 Å². The Kier molecular flexibility index (Phi) is 8.36. The zero-order valence-electron chi connectivity index (χ0n) is 33.7. The number of para-hydroxylation sites is 1. The van der Waals surface area contributed by atoms with Crippen LogP contribution in [0.1, 0.15) is 22.3 Å². The quantitative estimate of drug-likeness (QED) is 0.161. The molecule has 4 heteroatoms. The van der Waals surface area contributed by atoms with E-state index >= 15 is 0 Å². The number of aromatic nitrogens is 4. The van der Waals surface area contributed by atoms with Gasteiger partial charge in [-0.1, -0.05) is 194 Å². The van der Waals surface area contributed by atoms with E-state index in [9.17, 15) is 0 Å². The van der Waals surface area contributed by atoms with Crippen molar-refractivity contribution in [1.29, 1.82) is 0 Å². The molecule has 4 nitrogen and oxygen atoms in total. The van der Waals surface area contributed by atoms with Gasteiger partial charge in [0.25, 0.3) is 0 Å². The maximum absolute atomic E-state index is 5.14. The minimum Gasteiger partial charge on any atom is -0.309 e.